The van der Waals surface area contributed by atoms with E-state index in [4.69, 9.17) is 5.73 Å². The number of rotatable bonds is 1. The standard InChI is InChI=1S/C11H17N3O/c1-7(12)10-8-5-3-2-4-6-9(8)13-11(15)14-10/h7H,2-6,12H2,1H3,(H,13,14,15). The van der Waals surface area contributed by atoms with Crippen molar-refractivity contribution in [3.05, 3.63) is 27.4 Å². The Morgan fingerprint density at radius 2 is 2.07 bits per heavy atom. The summed E-state index contributed by atoms with van der Waals surface area (Å²) in [5, 5.41) is 0. The van der Waals surface area contributed by atoms with E-state index >= 15 is 0 Å². The summed E-state index contributed by atoms with van der Waals surface area (Å²) in [4.78, 5) is 18.2. The van der Waals surface area contributed by atoms with Crippen LogP contribution in [0.4, 0.5) is 0 Å². The Bertz CT molecular complexity index is 409. The van der Waals surface area contributed by atoms with Gasteiger partial charge in [-0.15, -0.1) is 0 Å². The number of nitrogens with two attached hydrogens (primary N) is 1. The topological polar surface area (TPSA) is 71.8 Å². The van der Waals surface area contributed by atoms with Gasteiger partial charge in [-0.1, -0.05) is 6.42 Å². The second kappa shape index (κ2) is 4.14. The minimum absolute atomic E-state index is 0.154. The Hall–Kier alpha value is -1.16. The van der Waals surface area contributed by atoms with E-state index in [0.717, 1.165) is 30.7 Å². The quantitative estimate of drug-likeness (QED) is 0.676. The van der Waals surface area contributed by atoms with Gasteiger partial charge in [0.15, 0.2) is 0 Å². The third-order valence-corrected chi connectivity index (χ3v) is 2.94. The summed E-state index contributed by atoms with van der Waals surface area (Å²) >= 11 is 0. The van der Waals surface area contributed by atoms with Crippen molar-refractivity contribution >= 4 is 0 Å². The third kappa shape index (κ3) is 2.09. The fourth-order valence-corrected chi connectivity index (χ4v) is 2.21. The van der Waals surface area contributed by atoms with Crippen LogP contribution in [0.15, 0.2) is 4.79 Å². The number of hydrogen-bond acceptors (Lipinski definition) is 3. The van der Waals surface area contributed by atoms with Crippen LogP contribution in [0.25, 0.3) is 0 Å². The molecule has 4 heteroatoms. The van der Waals surface area contributed by atoms with E-state index in [1.54, 1.807) is 0 Å². The maximum absolute atomic E-state index is 11.4. The van der Waals surface area contributed by atoms with Gasteiger partial charge in [-0.05, 0) is 38.2 Å². The molecule has 0 spiro atoms. The molecular formula is C11H17N3O. The number of nitrogens with one attached hydrogen (secondary N) is 1. The highest BCUT2D eigenvalue weighted by molar-refractivity contribution is 5.27. The first-order chi connectivity index (χ1) is 7.18. The molecule has 4 nitrogen and oxygen atoms in total. The molecule has 82 valence electrons. The fraction of sp³-hybridized carbons (Fsp3) is 0.636. The van der Waals surface area contributed by atoms with E-state index in [9.17, 15) is 4.79 Å². The second-order valence-electron chi connectivity index (χ2n) is 4.23. The van der Waals surface area contributed by atoms with Crippen molar-refractivity contribution in [1.82, 2.24) is 9.97 Å². The van der Waals surface area contributed by atoms with E-state index in [-0.39, 0.29) is 11.7 Å². The Morgan fingerprint density at radius 3 is 2.80 bits per heavy atom. The van der Waals surface area contributed by atoms with Crippen LogP contribution in [0.2, 0.25) is 0 Å². The van der Waals surface area contributed by atoms with Gasteiger partial charge in [0, 0.05) is 11.7 Å². The van der Waals surface area contributed by atoms with Crippen molar-refractivity contribution in [2.45, 2.75) is 45.1 Å². The first kappa shape index (κ1) is 10.4. The monoisotopic (exact) mass is 207 g/mol. The number of H-pyrrole nitrogens is 1. The molecule has 1 atom stereocenters. The molecule has 0 fully saturated rings. The van der Waals surface area contributed by atoms with Crippen molar-refractivity contribution in [3.8, 4) is 0 Å². The lowest BCUT2D eigenvalue weighted by Crippen LogP contribution is -2.22. The lowest BCUT2D eigenvalue weighted by molar-refractivity contribution is 0.703. The fourth-order valence-electron chi connectivity index (χ4n) is 2.21. The van der Waals surface area contributed by atoms with E-state index in [2.05, 4.69) is 9.97 Å². The molecule has 2 rings (SSSR count). The van der Waals surface area contributed by atoms with E-state index in [1.165, 1.54) is 18.4 Å². The predicted octanol–water partition coefficient (Wildman–Crippen LogP) is 1.06. The zero-order valence-corrected chi connectivity index (χ0v) is 9.05. The number of hydrogen-bond donors (Lipinski definition) is 2. The van der Waals surface area contributed by atoms with E-state index in [1.807, 2.05) is 6.92 Å². The number of aromatic amines is 1. The van der Waals surface area contributed by atoms with Crippen molar-refractivity contribution in [3.63, 3.8) is 0 Å². The van der Waals surface area contributed by atoms with Crippen molar-refractivity contribution in [1.29, 1.82) is 0 Å². The van der Waals surface area contributed by atoms with Crippen LogP contribution < -0.4 is 11.4 Å². The summed E-state index contributed by atoms with van der Waals surface area (Å²) in [5.74, 6) is 0. The average Bonchev–Trinajstić information content (AvgIpc) is 2.41. The summed E-state index contributed by atoms with van der Waals surface area (Å²) in [5.41, 5.74) is 8.61. The number of aryl methyl sites for hydroxylation is 1. The minimum atomic E-state index is -0.261. The molecule has 0 bridgehead atoms. The maximum Gasteiger partial charge on any atom is 0.345 e. The van der Waals surface area contributed by atoms with Crippen LogP contribution in [0.1, 0.15) is 49.2 Å². The van der Waals surface area contributed by atoms with Crippen LogP contribution in [0.3, 0.4) is 0 Å². The molecule has 1 aromatic rings. The van der Waals surface area contributed by atoms with Crippen LogP contribution in [0, 0.1) is 0 Å². The largest absolute Gasteiger partial charge is 0.345 e. The first-order valence-corrected chi connectivity index (χ1v) is 5.56. The molecule has 0 saturated heterocycles. The zero-order chi connectivity index (χ0) is 10.8. The predicted molar refractivity (Wildman–Crippen MR) is 58.7 cm³/mol. The van der Waals surface area contributed by atoms with Crippen molar-refractivity contribution in [2.24, 2.45) is 5.73 Å². The molecule has 1 aromatic heterocycles. The highest BCUT2D eigenvalue weighted by atomic mass is 16.1. The SMILES string of the molecule is CC(N)c1nc(=O)[nH]c2c1CCCCC2. The number of fused-ring (bicyclic) bond motifs is 1. The molecule has 0 radical (unpaired) electrons. The molecule has 0 aromatic carbocycles. The average molecular weight is 207 g/mol. The molecule has 0 amide bonds. The molecule has 1 aliphatic carbocycles. The Labute approximate surface area is 88.9 Å². The maximum atomic E-state index is 11.4. The van der Waals surface area contributed by atoms with Crippen molar-refractivity contribution < 1.29 is 0 Å². The summed E-state index contributed by atoms with van der Waals surface area (Å²) in [6.07, 6.45) is 5.48. The molecule has 1 heterocycles. The molecule has 3 N–H and O–H groups in total. The first-order valence-electron chi connectivity index (χ1n) is 5.56. The summed E-state index contributed by atoms with van der Waals surface area (Å²) in [7, 11) is 0. The van der Waals surface area contributed by atoms with Gasteiger partial charge in [0.2, 0.25) is 0 Å². The third-order valence-electron chi connectivity index (χ3n) is 2.94. The molecule has 1 aliphatic rings. The minimum Gasteiger partial charge on any atom is -0.323 e. The van der Waals surface area contributed by atoms with Gasteiger partial charge in [0.1, 0.15) is 0 Å². The Morgan fingerprint density at radius 1 is 1.33 bits per heavy atom. The summed E-state index contributed by atoms with van der Waals surface area (Å²) in [6, 6.07) is -0.154. The highest BCUT2D eigenvalue weighted by Gasteiger charge is 2.16. The van der Waals surface area contributed by atoms with Crippen molar-refractivity contribution in [2.75, 3.05) is 0 Å². The molecule has 1 unspecified atom stereocenters. The van der Waals surface area contributed by atoms with Gasteiger partial charge in [-0.3, -0.25) is 0 Å². The van der Waals surface area contributed by atoms with Gasteiger partial charge in [0.25, 0.3) is 0 Å². The van der Waals surface area contributed by atoms with Gasteiger partial charge in [-0.2, -0.15) is 4.98 Å². The van der Waals surface area contributed by atoms with Crippen LogP contribution in [-0.2, 0) is 12.8 Å². The second-order valence-corrected chi connectivity index (χ2v) is 4.23. The van der Waals surface area contributed by atoms with E-state index in [0.29, 0.717) is 0 Å². The van der Waals surface area contributed by atoms with Crippen LogP contribution >= 0.6 is 0 Å². The molecule has 15 heavy (non-hydrogen) atoms. The van der Waals surface area contributed by atoms with E-state index < -0.39 is 0 Å². The lowest BCUT2D eigenvalue weighted by Gasteiger charge is -2.12. The lowest BCUT2D eigenvalue weighted by atomic mass is 10.0. The summed E-state index contributed by atoms with van der Waals surface area (Å²) < 4.78 is 0. The molecular weight excluding hydrogens is 190 g/mol. The van der Waals surface area contributed by atoms with Gasteiger partial charge in [0.05, 0.1) is 5.69 Å². The Balaban J connectivity index is 2.55. The van der Waals surface area contributed by atoms with Gasteiger partial charge in [-0.25, -0.2) is 4.79 Å². The highest BCUT2D eigenvalue weighted by Crippen LogP contribution is 2.22. The molecule has 0 aliphatic heterocycles. The number of aromatic nitrogens is 2. The Kier molecular flexibility index (Phi) is 2.86. The van der Waals surface area contributed by atoms with Crippen LogP contribution in [-0.4, -0.2) is 9.97 Å². The normalized spacial score (nSPS) is 18.0. The zero-order valence-electron chi connectivity index (χ0n) is 9.05. The van der Waals surface area contributed by atoms with Gasteiger partial charge >= 0.3 is 5.69 Å². The van der Waals surface area contributed by atoms with Crippen LogP contribution in [0.5, 0.6) is 0 Å². The summed E-state index contributed by atoms with van der Waals surface area (Å²) in [6.45, 7) is 1.88. The molecule has 0 saturated carbocycles. The smallest absolute Gasteiger partial charge is 0.323 e. The van der Waals surface area contributed by atoms with Gasteiger partial charge < -0.3 is 10.7 Å². The number of nitrogens with zero attached hydrogens (tertiary/aromatic N) is 1.